The van der Waals surface area contributed by atoms with E-state index in [1.165, 1.54) is 0 Å². The second-order valence-electron chi connectivity index (χ2n) is 4.13. The van der Waals surface area contributed by atoms with Gasteiger partial charge in [-0.05, 0) is 18.9 Å². The third-order valence-electron chi connectivity index (χ3n) is 2.96. The number of nitrogens with one attached hydrogen (secondary N) is 1. The number of phenols is 1. The maximum absolute atomic E-state index is 11.2. The van der Waals surface area contributed by atoms with Crippen LogP contribution in [0.4, 0.5) is 0 Å². The standard InChI is InChI=1S/C12H17NO2S/c14-12-4-2-1-3-10(12)9-13-11-5-7-16(15)8-6-11/h1-4,11,13-14H,5-9H2. The second-order valence-corrected chi connectivity index (χ2v) is 5.83. The van der Waals surface area contributed by atoms with Crippen molar-refractivity contribution in [3.05, 3.63) is 29.8 Å². The molecule has 0 saturated carbocycles. The Hall–Kier alpha value is -0.870. The second kappa shape index (κ2) is 5.46. The SMILES string of the molecule is O=S1CCC(NCc2ccccc2O)CC1. The molecule has 2 rings (SSSR count). The zero-order valence-corrected chi connectivity index (χ0v) is 10.0. The monoisotopic (exact) mass is 239 g/mol. The van der Waals surface area contributed by atoms with Crippen molar-refractivity contribution in [3.63, 3.8) is 0 Å². The maximum atomic E-state index is 11.2. The smallest absolute Gasteiger partial charge is 0.120 e. The van der Waals surface area contributed by atoms with Crippen molar-refractivity contribution >= 4 is 10.8 Å². The van der Waals surface area contributed by atoms with Crippen molar-refractivity contribution in [2.75, 3.05) is 11.5 Å². The fourth-order valence-corrected chi connectivity index (χ4v) is 3.21. The van der Waals surface area contributed by atoms with Crippen molar-refractivity contribution in [2.24, 2.45) is 0 Å². The Morgan fingerprint density at radius 2 is 2.00 bits per heavy atom. The zero-order valence-electron chi connectivity index (χ0n) is 9.19. The van der Waals surface area contributed by atoms with E-state index in [4.69, 9.17) is 0 Å². The van der Waals surface area contributed by atoms with E-state index >= 15 is 0 Å². The summed E-state index contributed by atoms with van der Waals surface area (Å²) >= 11 is 0. The lowest BCUT2D eigenvalue weighted by atomic mass is 10.1. The topological polar surface area (TPSA) is 49.3 Å². The summed E-state index contributed by atoms with van der Waals surface area (Å²) < 4.78 is 11.2. The van der Waals surface area contributed by atoms with Crippen LogP contribution in [-0.4, -0.2) is 26.9 Å². The molecular formula is C12H17NO2S. The Bertz CT molecular complexity index is 371. The van der Waals surface area contributed by atoms with Crippen LogP contribution in [0.1, 0.15) is 18.4 Å². The van der Waals surface area contributed by atoms with Gasteiger partial charge in [-0.15, -0.1) is 0 Å². The first-order valence-corrected chi connectivity index (χ1v) is 7.10. The predicted octanol–water partition coefficient (Wildman–Crippen LogP) is 1.39. The lowest BCUT2D eigenvalue weighted by Crippen LogP contribution is -2.35. The van der Waals surface area contributed by atoms with Crippen molar-refractivity contribution in [2.45, 2.75) is 25.4 Å². The summed E-state index contributed by atoms with van der Waals surface area (Å²) in [5.41, 5.74) is 0.925. The van der Waals surface area contributed by atoms with E-state index in [2.05, 4.69) is 5.32 Å². The number of phenolic OH excluding ortho intramolecular Hbond substituents is 1. The van der Waals surface area contributed by atoms with Crippen LogP contribution in [0.5, 0.6) is 5.75 Å². The van der Waals surface area contributed by atoms with Crippen molar-refractivity contribution in [1.29, 1.82) is 0 Å². The molecule has 3 nitrogen and oxygen atoms in total. The molecule has 0 bridgehead atoms. The molecule has 1 aliphatic rings. The minimum absolute atomic E-state index is 0.342. The van der Waals surface area contributed by atoms with Gasteiger partial charge in [0.05, 0.1) is 0 Å². The van der Waals surface area contributed by atoms with Crippen molar-refractivity contribution in [3.8, 4) is 5.75 Å². The molecule has 0 amide bonds. The molecule has 0 aromatic heterocycles. The largest absolute Gasteiger partial charge is 0.508 e. The lowest BCUT2D eigenvalue weighted by Gasteiger charge is -2.22. The number of hydrogen-bond acceptors (Lipinski definition) is 3. The number of benzene rings is 1. The van der Waals surface area contributed by atoms with Gasteiger partial charge in [0.2, 0.25) is 0 Å². The van der Waals surface area contributed by atoms with Gasteiger partial charge in [0.15, 0.2) is 0 Å². The Labute approximate surface area is 98.3 Å². The zero-order chi connectivity index (χ0) is 11.4. The molecule has 0 radical (unpaired) electrons. The number of rotatable bonds is 3. The molecule has 1 aliphatic heterocycles. The Balaban J connectivity index is 1.84. The van der Waals surface area contributed by atoms with Gasteiger partial charge < -0.3 is 10.4 Å². The van der Waals surface area contributed by atoms with E-state index in [1.54, 1.807) is 6.07 Å². The third kappa shape index (κ3) is 3.06. The molecule has 2 N–H and O–H groups in total. The number of aromatic hydroxyl groups is 1. The van der Waals surface area contributed by atoms with Gasteiger partial charge in [-0.25, -0.2) is 0 Å². The summed E-state index contributed by atoms with van der Waals surface area (Å²) in [4.78, 5) is 0. The van der Waals surface area contributed by atoms with Gasteiger partial charge in [0, 0.05) is 40.5 Å². The fraction of sp³-hybridized carbons (Fsp3) is 0.500. The first kappa shape index (κ1) is 11.6. The first-order valence-electron chi connectivity index (χ1n) is 5.61. The first-order chi connectivity index (χ1) is 7.75. The summed E-state index contributed by atoms with van der Waals surface area (Å²) in [6, 6.07) is 7.81. The average molecular weight is 239 g/mol. The van der Waals surface area contributed by atoms with E-state index < -0.39 is 10.8 Å². The van der Waals surface area contributed by atoms with Crippen LogP contribution in [0.15, 0.2) is 24.3 Å². The molecule has 1 fully saturated rings. The molecule has 0 unspecified atom stereocenters. The maximum Gasteiger partial charge on any atom is 0.120 e. The highest BCUT2D eigenvalue weighted by Gasteiger charge is 2.17. The molecule has 1 saturated heterocycles. The summed E-state index contributed by atoms with van der Waals surface area (Å²) in [7, 11) is -0.603. The summed E-state index contributed by atoms with van der Waals surface area (Å²) in [6.45, 7) is 0.684. The normalized spacial score (nSPS) is 25.5. The van der Waals surface area contributed by atoms with Crippen LogP contribution < -0.4 is 5.32 Å². The predicted molar refractivity (Wildman–Crippen MR) is 65.8 cm³/mol. The number of hydrogen-bond donors (Lipinski definition) is 2. The van der Waals surface area contributed by atoms with Crippen LogP contribution in [0.2, 0.25) is 0 Å². The van der Waals surface area contributed by atoms with E-state index in [9.17, 15) is 9.32 Å². The van der Waals surface area contributed by atoms with Crippen LogP contribution in [0.25, 0.3) is 0 Å². The van der Waals surface area contributed by atoms with E-state index in [-0.39, 0.29) is 0 Å². The molecule has 1 heterocycles. The molecular weight excluding hydrogens is 222 g/mol. The molecule has 0 aliphatic carbocycles. The molecule has 1 aromatic rings. The minimum atomic E-state index is -0.603. The molecule has 0 spiro atoms. The Kier molecular flexibility index (Phi) is 3.96. The van der Waals surface area contributed by atoms with Crippen LogP contribution >= 0.6 is 0 Å². The summed E-state index contributed by atoms with van der Waals surface area (Å²) in [6.07, 6.45) is 1.94. The van der Waals surface area contributed by atoms with Gasteiger partial charge >= 0.3 is 0 Å². The number of para-hydroxylation sites is 1. The van der Waals surface area contributed by atoms with E-state index in [0.29, 0.717) is 18.3 Å². The molecule has 4 heteroatoms. The lowest BCUT2D eigenvalue weighted by molar-refractivity contribution is 0.445. The highest BCUT2D eigenvalue weighted by Crippen LogP contribution is 2.16. The van der Waals surface area contributed by atoms with Gasteiger partial charge in [0.1, 0.15) is 5.75 Å². The van der Waals surface area contributed by atoms with Gasteiger partial charge in [-0.3, -0.25) is 4.21 Å². The van der Waals surface area contributed by atoms with E-state index in [1.807, 2.05) is 18.2 Å². The molecule has 0 atom stereocenters. The highest BCUT2D eigenvalue weighted by atomic mass is 32.2. The molecule has 16 heavy (non-hydrogen) atoms. The van der Waals surface area contributed by atoms with Gasteiger partial charge in [0.25, 0.3) is 0 Å². The van der Waals surface area contributed by atoms with Crippen LogP contribution in [-0.2, 0) is 17.3 Å². The summed E-state index contributed by atoms with van der Waals surface area (Å²) in [5, 5.41) is 13.0. The Morgan fingerprint density at radius 1 is 1.31 bits per heavy atom. The molecule has 1 aromatic carbocycles. The van der Waals surface area contributed by atoms with Gasteiger partial charge in [-0.2, -0.15) is 0 Å². The Morgan fingerprint density at radius 3 is 2.69 bits per heavy atom. The average Bonchev–Trinajstić information content (AvgIpc) is 2.30. The van der Waals surface area contributed by atoms with E-state index in [0.717, 1.165) is 29.9 Å². The summed E-state index contributed by atoms with van der Waals surface area (Å²) in [5.74, 6) is 1.95. The van der Waals surface area contributed by atoms with Crippen molar-refractivity contribution < 1.29 is 9.32 Å². The molecule has 88 valence electrons. The highest BCUT2D eigenvalue weighted by molar-refractivity contribution is 7.85. The third-order valence-corrected chi connectivity index (χ3v) is 4.34. The quantitative estimate of drug-likeness (QED) is 0.838. The van der Waals surface area contributed by atoms with Crippen LogP contribution in [0, 0.1) is 0 Å². The van der Waals surface area contributed by atoms with Crippen LogP contribution in [0.3, 0.4) is 0 Å². The fourth-order valence-electron chi connectivity index (χ4n) is 1.91. The van der Waals surface area contributed by atoms with Crippen molar-refractivity contribution in [1.82, 2.24) is 5.32 Å². The van der Waals surface area contributed by atoms with Gasteiger partial charge in [-0.1, -0.05) is 18.2 Å². The minimum Gasteiger partial charge on any atom is -0.508 e.